The summed E-state index contributed by atoms with van der Waals surface area (Å²) in [6.07, 6.45) is -0.934. The average Bonchev–Trinajstić information content (AvgIpc) is 2.78. The van der Waals surface area contributed by atoms with Gasteiger partial charge in [0.05, 0.1) is 5.75 Å². The third kappa shape index (κ3) is 2.62. The van der Waals surface area contributed by atoms with Gasteiger partial charge in [0.25, 0.3) is 0 Å². The summed E-state index contributed by atoms with van der Waals surface area (Å²) in [6.45, 7) is 1.91. The predicted molar refractivity (Wildman–Crippen MR) is 69.5 cm³/mol. The number of rotatable bonds is 4. The molecular formula is C8H13BrN6O4S. The minimum Gasteiger partial charge on any atom is -0.379 e. The number of piperazine rings is 1. The van der Waals surface area contributed by atoms with Crippen LogP contribution >= 0.6 is 15.9 Å². The van der Waals surface area contributed by atoms with Gasteiger partial charge in [-0.2, -0.15) is 9.21 Å². The summed E-state index contributed by atoms with van der Waals surface area (Å²) in [6, 6.07) is 0. The smallest absolute Gasteiger partial charge is 0.332 e. The molecule has 1 saturated heterocycles. The highest BCUT2D eigenvalue weighted by Crippen LogP contribution is 2.12. The topological polar surface area (TPSA) is 125 Å². The second-order valence-corrected chi connectivity index (χ2v) is 7.10. The van der Waals surface area contributed by atoms with Gasteiger partial charge < -0.3 is 4.52 Å². The van der Waals surface area contributed by atoms with Crippen LogP contribution in [0.4, 0.5) is 0 Å². The zero-order chi connectivity index (χ0) is 14.9. The number of aromatic nitrogens is 2. The van der Waals surface area contributed by atoms with E-state index in [-0.39, 0.29) is 35.5 Å². The van der Waals surface area contributed by atoms with E-state index in [4.69, 9.17) is 5.41 Å². The number of hydrogen-bond acceptors (Lipinski definition) is 7. The fourth-order valence-electron chi connectivity index (χ4n) is 1.88. The van der Waals surface area contributed by atoms with Crippen LogP contribution in [-0.2, 0) is 10.0 Å². The Bertz CT molecular complexity index is 654. The molecule has 0 amide bonds. The summed E-state index contributed by atoms with van der Waals surface area (Å²) in [7, 11) is -3.37. The number of nitrogens with zero attached hydrogens (tertiary/aromatic N) is 5. The van der Waals surface area contributed by atoms with Crippen LogP contribution in [0.15, 0.2) is 14.3 Å². The summed E-state index contributed by atoms with van der Waals surface area (Å²) >= 11 is 3.11. The van der Waals surface area contributed by atoms with Crippen molar-refractivity contribution in [1.82, 2.24) is 9.58 Å². The molecule has 20 heavy (non-hydrogen) atoms. The maximum absolute atomic E-state index is 11.8. The van der Waals surface area contributed by atoms with Crippen molar-refractivity contribution in [2.45, 2.75) is 13.1 Å². The Kier molecular flexibility index (Phi) is 4.25. The van der Waals surface area contributed by atoms with Crippen molar-refractivity contribution in [3.05, 3.63) is 15.1 Å². The lowest BCUT2D eigenvalue weighted by atomic mass is 10.3. The largest absolute Gasteiger partial charge is 0.379 e. The van der Waals surface area contributed by atoms with Gasteiger partial charge in [-0.25, -0.2) is 13.4 Å². The van der Waals surface area contributed by atoms with Gasteiger partial charge in [-0.3, -0.25) is 5.41 Å². The van der Waals surface area contributed by atoms with Gasteiger partial charge in [0.15, 0.2) is 6.17 Å². The van der Waals surface area contributed by atoms with Crippen LogP contribution in [0.25, 0.3) is 0 Å². The van der Waals surface area contributed by atoms with E-state index < -0.39 is 16.2 Å². The van der Waals surface area contributed by atoms with Crippen LogP contribution in [0.1, 0.15) is 6.92 Å². The molecule has 1 aliphatic rings. The van der Waals surface area contributed by atoms with E-state index in [0.717, 1.165) is 0 Å². The van der Waals surface area contributed by atoms with Gasteiger partial charge in [-0.1, -0.05) is 9.97 Å². The fourth-order valence-corrected chi connectivity index (χ4v) is 3.30. The first-order valence-electron chi connectivity index (χ1n) is 5.77. The molecule has 1 N–H and O–H groups in total. The molecule has 0 aliphatic carbocycles. The van der Waals surface area contributed by atoms with Gasteiger partial charge in [-0.05, 0) is 12.2 Å². The van der Waals surface area contributed by atoms with E-state index in [1.165, 1.54) is 14.1 Å². The highest BCUT2D eigenvalue weighted by molar-refractivity contribution is 9.10. The SMILES string of the molecule is CCS(=O)(=O)N1CCN([n+]2[n-]oc(=N)c2Br)C(N=O)C1. The lowest BCUT2D eigenvalue weighted by Gasteiger charge is -2.37. The first-order valence-corrected chi connectivity index (χ1v) is 8.17. The van der Waals surface area contributed by atoms with Crippen molar-refractivity contribution >= 4 is 26.0 Å². The first kappa shape index (κ1) is 15.1. The van der Waals surface area contributed by atoms with Crippen molar-refractivity contribution < 1.29 is 17.7 Å². The molecule has 1 aromatic rings. The molecule has 0 aromatic carbocycles. The lowest BCUT2D eigenvalue weighted by molar-refractivity contribution is -0.776. The van der Waals surface area contributed by atoms with E-state index in [9.17, 15) is 13.3 Å². The Balaban J connectivity index is 2.26. The Morgan fingerprint density at radius 1 is 1.60 bits per heavy atom. The molecule has 112 valence electrons. The zero-order valence-electron chi connectivity index (χ0n) is 10.6. The number of nitrogens with one attached hydrogen (secondary N) is 1. The van der Waals surface area contributed by atoms with Crippen LogP contribution < -0.4 is 20.6 Å². The summed E-state index contributed by atoms with van der Waals surface area (Å²) < 4.78 is 29.8. The van der Waals surface area contributed by atoms with E-state index >= 15 is 0 Å². The number of halogens is 1. The zero-order valence-corrected chi connectivity index (χ0v) is 13.0. The second kappa shape index (κ2) is 5.61. The fraction of sp³-hybridized carbons (Fsp3) is 0.750. The predicted octanol–water partition coefficient (Wildman–Crippen LogP) is -1.54. The van der Waals surface area contributed by atoms with E-state index in [1.54, 1.807) is 6.92 Å². The number of nitroso groups, excluding NO2 is 1. The lowest BCUT2D eigenvalue weighted by Crippen LogP contribution is -2.71. The Labute approximate surface area is 122 Å². The number of hydrogen-bond donors (Lipinski definition) is 1. The molecule has 2 heterocycles. The van der Waals surface area contributed by atoms with Crippen LogP contribution in [0, 0.1) is 10.3 Å². The molecule has 1 aliphatic heterocycles. The van der Waals surface area contributed by atoms with Crippen LogP contribution in [-0.4, -0.2) is 44.3 Å². The second-order valence-electron chi connectivity index (χ2n) is 4.09. The summed E-state index contributed by atoms with van der Waals surface area (Å²) in [5.74, 6) is -0.0315. The van der Waals surface area contributed by atoms with Crippen LogP contribution in [0.3, 0.4) is 0 Å². The van der Waals surface area contributed by atoms with Crippen molar-refractivity contribution in [3.8, 4) is 0 Å². The highest BCUT2D eigenvalue weighted by atomic mass is 79.9. The Hall–Kier alpha value is -1.27. The molecule has 1 fully saturated rings. The third-order valence-electron chi connectivity index (χ3n) is 2.99. The van der Waals surface area contributed by atoms with Crippen LogP contribution in [0.5, 0.6) is 0 Å². The van der Waals surface area contributed by atoms with Gasteiger partial charge in [0, 0.05) is 35.6 Å². The molecule has 1 atom stereocenters. The number of sulfonamides is 1. The van der Waals surface area contributed by atoms with E-state index in [0.29, 0.717) is 0 Å². The molecule has 1 aromatic heterocycles. The molecule has 1 unspecified atom stereocenters. The quantitative estimate of drug-likeness (QED) is 0.507. The third-order valence-corrected chi connectivity index (χ3v) is 5.51. The van der Waals surface area contributed by atoms with Crippen molar-refractivity contribution in [3.63, 3.8) is 0 Å². The van der Waals surface area contributed by atoms with E-state index in [1.807, 2.05) is 0 Å². The standard InChI is InChI=1S/C8H13BrN6O4S/c1-2-20(17,18)13-3-4-14(6(5-13)11-16)15-7(9)8(10)19-12-15/h6,10H,2-5H2,1H3. The van der Waals surface area contributed by atoms with Gasteiger partial charge >= 0.3 is 10.2 Å². The molecular weight excluding hydrogens is 356 g/mol. The van der Waals surface area contributed by atoms with Gasteiger partial charge in [-0.15, -0.1) is 0 Å². The van der Waals surface area contributed by atoms with Crippen molar-refractivity contribution in [1.29, 1.82) is 5.41 Å². The molecule has 10 nitrogen and oxygen atoms in total. The normalized spacial score (nSPS) is 21.1. The van der Waals surface area contributed by atoms with Crippen molar-refractivity contribution in [2.75, 3.05) is 30.4 Å². The maximum Gasteiger partial charge on any atom is 0.332 e. The Morgan fingerprint density at radius 3 is 2.80 bits per heavy atom. The maximum atomic E-state index is 11.8. The van der Waals surface area contributed by atoms with Gasteiger partial charge in [0.2, 0.25) is 10.0 Å². The van der Waals surface area contributed by atoms with Gasteiger partial charge in [0.1, 0.15) is 0 Å². The monoisotopic (exact) mass is 368 g/mol. The summed E-state index contributed by atoms with van der Waals surface area (Å²) in [5.41, 5.74) is -0.196. The average molecular weight is 369 g/mol. The molecule has 0 saturated carbocycles. The molecule has 0 bridgehead atoms. The van der Waals surface area contributed by atoms with E-state index in [2.05, 4.69) is 30.9 Å². The first-order chi connectivity index (χ1) is 9.40. The van der Waals surface area contributed by atoms with Crippen LogP contribution in [0.2, 0.25) is 0 Å². The minimum atomic E-state index is -3.37. The summed E-state index contributed by atoms with van der Waals surface area (Å²) in [4.78, 5) is 12.2. The van der Waals surface area contributed by atoms with Crippen molar-refractivity contribution in [2.24, 2.45) is 5.18 Å². The molecule has 0 radical (unpaired) electrons. The Morgan fingerprint density at radius 2 is 2.30 bits per heavy atom. The molecule has 12 heteroatoms. The molecule has 2 rings (SSSR count). The summed E-state index contributed by atoms with van der Waals surface area (Å²) in [5, 5.41) is 15.4. The molecule has 0 spiro atoms. The highest BCUT2D eigenvalue weighted by Gasteiger charge is 2.35. The minimum absolute atomic E-state index is 0.0315.